The molecule has 1 fully saturated rings. The number of rotatable bonds is 7. The van der Waals surface area contributed by atoms with Crippen LogP contribution < -0.4 is 9.46 Å². The molecule has 2 aromatic carbocycles. The molecule has 2 aromatic rings. The molecule has 0 amide bonds. The van der Waals surface area contributed by atoms with Crippen LogP contribution in [0.25, 0.3) is 6.08 Å². The molecule has 1 aliphatic carbocycles. The van der Waals surface area contributed by atoms with E-state index in [0.717, 1.165) is 24.8 Å². The van der Waals surface area contributed by atoms with Gasteiger partial charge in [0, 0.05) is 11.3 Å². The van der Waals surface area contributed by atoms with E-state index in [4.69, 9.17) is 4.74 Å². The van der Waals surface area contributed by atoms with E-state index in [1.165, 1.54) is 5.56 Å². The first-order valence-corrected chi connectivity index (χ1v) is 9.53. The summed E-state index contributed by atoms with van der Waals surface area (Å²) in [5.41, 5.74) is 2.64. The lowest BCUT2D eigenvalue weighted by Gasteiger charge is -2.10. The molecule has 0 spiro atoms. The second kappa shape index (κ2) is 7.09. The first-order valence-electron chi connectivity index (χ1n) is 7.98. The fraction of sp³-hybridized carbons (Fsp3) is 0.263. The normalized spacial score (nSPS) is 14.7. The number of benzene rings is 2. The van der Waals surface area contributed by atoms with Crippen molar-refractivity contribution in [2.24, 2.45) is 0 Å². The van der Waals surface area contributed by atoms with Crippen LogP contribution in [0.5, 0.6) is 5.75 Å². The fourth-order valence-corrected chi connectivity index (χ4v) is 3.87. The maximum absolute atomic E-state index is 12.1. The zero-order valence-corrected chi connectivity index (χ0v) is 14.4. The fourth-order valence-electron chi connectivity index (χ4n) is 2.49. The lowest BCUT2D eigenvalue weighted by atomic mass is 10.1. The van der Waals surface area contributed by atoms with Crippen LogP contribution in [0.3, 0.4) is 0 Å². The molecule has 0 aliphatic heterocycles. The summed E-state index contributed by atoms with van der Waals surface area (Å²) in [7, 11) is -1.65. The van der Waals surface area contributed by atoms with Crippen LogP contribution in [0.15, 0.2) is 54.6 Å². The molecule has 0 radical (unpaired) electrons. The monoisotopic (exact) mass is 343 g/mol. The number of allylic oxidation sites excluding steroid dienone is 1. The third-order valence-electron chi connectivity index (χ3n) is 3.95. The molecule has 3 rings (SSSR count). The molecule has 1 N–H and O–H groups in total. The zero-order valence-electron chi connectivity index (χ0n) is 13.6. The summed E-state index contributed by atoms with van der Waals surface area (Å²) in [6, 6.07) is 15.5. The topological polar surface area (TPSA) is 55.4 Å². The highest BCUT2D eigenvalue weighted by Crippen LogP contribution is 2.31. The van der Waals surface area contributed by atoms with E-state index in [9.17, 15) is 8.42 Å². The first kappa shape index (κ1) is 16.6. The standard InChI is InChI=1S/C19H21NO3S/c1-23-19-13-10-17(20-24(21,22)18-11-12-18)14-16(19)9-5-8-15-6-3-2-4-7-15/h2-7,9-10,13-14,18,20H,8,11-12H2,1H3/b9-5+. The van der Waals surface area contributed by atoms with Crippen LogP contribution in [0, 0.1) is 0 Å². The molecule has 4 nitrogen and oxygen atoms in total. The van der Waals surface area contributed by atoms with Gasteiger partial charge in [0.2, 0.25) is 10.0 Å². The van der Waals surface area contributed by atoms with E-state index in [0.29, 0.717) is 11.4 Å². The molecule has 0 bridgehead atoms. The molecule has 1 aliphatic rings. The molecular weight excluding hydrogens is 322 g/mol. The molecule has 5 heteroatoms. The van der Waals surface area contributed by atoms with Crippen molar-refractivity contribution in [2.45, 2.75) is 24.5 Å². The highest BCUT2D eigenvalue weighted by molar-refractivity contribution is 7.93. The number of sulfonamides is 1. The summed E-state index contributed by atoms with van der Waals surface area (Å²) in [6.07, 6.45) is 6.31. The zero-order chi connectivity index (χ0) is 17.0. The Morgan fingerprint density at radius 1 is 1.17 bits per heavy atom. The molecule has 0 aromatic heterocycles. The minimum absolute atomic E-state index is 0.239. The van der Waals surface area contributed by atoms with Crippen molar-refractivity contribution in [3.05, 3.63) is 65.7 Å². The highest BCUT2D eigenvalue weighted by Gasteiger charge is 2.35. The van der Waals surface area contributed by atoms with Crippen LogP contribution in [-0.4, -0.2) is 20.8 Å². The van der Waals surface area contributed by atoms with Gasteiger partial charge in [0.15, 0.2) is 0 Å². The lowest BCUT2D eigenvalue weighted by molar-refractivity contribution is 0.414. The average Bonchev–Trinajstić information content (AvgIpc) is 3.41. The van der Waals surface area contributed by atoms with E-state index < -0.39 is 10.0 Å². The van der Waals surface area contributed by atoms with Crippen LogP contribution in [0.2, 0.25) is 0 Å². The molecule has 0 saturated heterocycles. The van der Waals surface area contributed by atoms with E-state index in [1.54, 1.807) is 25.3 Å². The Labute approximate surface area is 143 Å². The smallest absolute Gasteiger partial charge is 0.235 e. The number of nitrogens with one attached hydrogen (secondary N) is 1. The van der Waals surface area contributed by atoms with Gasteiger partial charge in [-0.25, -0.2) is 8.42 Å². The summed E-state index contributed by atoms with van der Waals surface area (Å²) < 4.78 is 32.2. The Bertz CT molecular complexity index is 825. The summed E-state index contributed by atoms with van der Waals surface area (Å²) in [5, 5.41) is -0.239. The molecular formula is C19H21NO3S. The SMILES string of the molecule is COc1ccc(NS(=O)(=O)C2CC2)cc1/C=C/Cc1ccccc1. The summed E-state index contributed by atoms with van der Waals surface area (Å²) in [5.74, 6) is 0.716. The van der Waals surface area contributed by atoms with Crippen LogP contribution in [-0.2, 0) is 16.4 Å². The molecule has 1 saturated carbocycles. The van der Waals surface area contributed by atoms with Gasteiger partial charge in [-0.2, -0.15) is 0 Å². The van der Waals surface area contributed by atoms with Crippen molar-refractivity contribution < 1.29 is 13.2 Å². The second-order valence-corrected chi connectivity index (χ2v) is 7.86. The minimum Gasteiger partial charge on any atom is -0.496 e. The third-order valence-corrected chi connectivity index (χ3v) is 5.82. The molecule has 0 heterocycles. The number of hydrogen-bond acceptors (Lipinski definition) is 3. The molecule has 0 atom stereocenters. The van der Waals surface area contributed by atoms with Gasteiger partial charge >= 0.3 is 0 Å². The average molecular weight is 343 g/mol. The van der Waals surface area contributed by atoms with E-state index in [-0.39, 0.29) is 5.25 Å². The van der Waals surface area contributed by atoms with Crippen molar-refractivity contribution in [1.29, 1.82) is 0 Å². The maximum atomic E-state index is 12.1. The molecule has 0 unspecified atom stereocenters. The van der Waals surface area contributed by atoms with E-state index >= 15 is 0 Å². The van der Waals surface area contributed by atoms with Crippen molar-refractivity contribution in [2.75, 3.05) is 11.8 Å². The minimum atomic E-state index is -3.25. The van der Waals surface area contributed by atoms with Gasteiger partial charge in [-0.05, 0) is 43.0 Å². The Morgan fingerprint density at radius 3 is 2.58 bits per heavy atom. The Balaban J connectivity index is 1.76. The van der Waals surface area contributed by atoms with Gasteiger partial charge in [-0.15, -0.1) is 0 Å². The quantitative estimate of drug-likeness (QED) is 0.831. The van der Waals surface area contributed by atoms with Crippen molar-refractivity contribution in [3.63, 3.8) is 0 Å². The van der Waals surface area contributed by atoms with Gasteiger partial charge in [0.25, 0.3) is 0 Å². The Morgan fingerprint density at radius 2 is 1.92 bits per heavy atom. The van der Waals surface area contributed by atoms with Gasteiger partial charge in [-0.3, -0.25) is 4.72 Å². The van der Waals surface area contributed by atoms with Gasteiger partial charge in [0.05, 0.1) is 12.4 Å². The number of methoxy groups -OCH3 is 1. The molecule has 126 valence electrons. The van der Waals surface area contributed by atoms with Crippen molar-refractivity contribution in [1.82, 2.24) is 0 Å². The molecule has 24 heavy (non-hydrogen) atoms. The highest BCUT2D eigenvalue weighted by atomic mass is 32.2. The van der Waals surface area contributed by atoms with Crippen LogP contribution in [0.1, 0.15) is 24.0 Å². The third kappa shape index (κ3) is 4.17. The summed E-state index contributed by atoms with van der Waals surface area (Å²) in [4.78, 5) is 0. The second-order valence-electron chi connectivity index (χ2n) is 5.90. The predicted molar refractivity (Wildman–Crippen MR) is 97.7 cm³/mol. The first-order chi connectivity index (χ1) is 11.6. The van der Waals surface area contributed by atoms with Crippen molar-refractivity contribution in [3.8, 4) is 5.75 Å². The largest absolute Gasteiger partial charge is 0.496 e. The van der Waals surface area contributed by atoms with Crippen molar-refractivity contribution >= 4 is 21.8 Å². The van der Waals surface area contributed by atoms with Crippen LogP contribution >= 0.6 is 0 Å². The van der Waals surface area contributed by atoms with E-state index in [1.807, 2.05) is 30.4 Å². The van der Waals surface area contributed by atoms with E-state index in [2.05, 4.69) is 16.9 Å². The van der Waals surface area contributed by atoms with Gasteiger partial charge in [0.1, 0.15) is 5.75 Å². The Hall–Kier alpha value is -2.27. The Kier molecular flexibility index (Phi) is 4.90. The van der Waals surface area contributed by atoms with Gasteiger partial charge in [-0.1, -0.05) is 42.5 Å². The van der Waals surface area contributed by atoms with Gasteiger partial charge < -0.3 is 4.74 Å². The summed E-state index contributed by atoms with van der Waals surface area (Å²) >= 11 is 0. The number of hydrogen-bond donors (Lipinski definition) is 1. The number of anilines is 1. The number of ether oxygens (including phenoxy) is 1. The predicted octanol–water partition coefficient (Wildman–Crippen LogP) is 3.86. The maximum Gasteiger partial charge on any atom is 0.235 e. The lowest BCUT2D eigenvalue weighted by Crippen LogP contribution is -2.17. The summed E-state index contributed by atoms with van der Waals surface area (Å²) in [6.45, 7) is 0. The van der Waals surface area contributed by atoms with Crippen LogP contribution in [0.4, 0.5) is 5.69 Å².